The molecule has 0 saturated heterocycles. The van der Waals surface area contributed by atoms with Gasteiger partial charge < -0.3 is 4.98 Å². The van der Waals surface area contributed by atoms with Gasteiger partial charge in [0.1, 0.15) is 5.56 Å². The number of pyridine rings is 1. The molecule has 16 heavy (non-hydrogen) atoms. The Hall–Kier alpha value is -1.62. The average molecular weight is 222 g/mol. The lowest BCUT2D eigenvalue weighted by atomic mass is 10.3. The highest BCUT2D eigenvalue weighted by Crippen LogP contribution is 2.19. The molecular weight excluding hydrogens is 208 g/mol. The second-order valence-electron chi connectivity index (χ2n) is 3.88. The molecule has 0 aliphatic heterocycles. The van der Waals surface area contributed by atoms with Crippen LogP contribution in [0.2, 0.25) is 0 Å². The molecule has 0 unspecified atom stereocenters. The van der Waals surface area contributed by atoms with Crippen molar-refractivity contribution in [3.05, 3.63) is 34.2 Å². The van der Waals surface area contributed by atoms with Crippen molar-refractivity contribution in [1.29, 1.82) is 0 Å². The Labute approximate surface area is 92.8 Å². The summed E-state index contributed by atoms with van der Waals surface area (Å²) in [6.07, 6.45) is 7.13. The fourth-order valence-corrected chi connectivity index (χ4v) is 1.79. The highest BCUT2D eigenvalue weighted by Gasteiger charge is 2.17. The Morgan fingerprint density at radius 2 is 2.19 bits per heavy atom. The molecule has 1 aromatic rings. The quantitative estimate of drug-likeness (QED) is 0.749. The van der Waals surface area contributed by atoms with Crippen molar-refractivity contribution >= 4 is 5.91 Å². The van der Waals surface area contributed by atoms with Crippen LogP contribution in [0.1, 0.15) is 36.0 Å². The molecule has 2 rings (SSSR count). The van der Waals surface area contributed by atoms with E-state index in [0.717, 1.165) is 25.7 Å². The topological polar surface area (TPSA) is 71.2 Å². The third-order valence-electron chi connectivity index (χ3n) is 2.69. The molecule has 5 nitrogen and oxygen atoms in total. The maximum atomic E-state index is 11.6. The number of aromatic nitrogens is 1. The van der Waals surface area contributed by atoms with Gasteiger partial charge in [0.25, 0.3) is 5.91 Å². The molecule has 5 heteroatoms. The van der Waals surface area contributed by atoms with Crippen LogP contribution in [-0.2, 0) is 4.84 Å². The van der Waals surface area contributed by atoms with Crippen molar-refractivity contribution in [2.24, 2.45) is 0 Å². The Kier molecular flexibility index (Phi) is 3.36. The van der Waals surface area contributed by atoms with Crippen LogP contribution < -0.4 is 10.9 Å². The minimum atomic E-state index is -0.492. The van der Waals surface area contributed by atoms with Crippen LogP contribution >= 0.6 is 0 Å². The number of rotatable bonds is 3. The van der Waals surface area contributed by atoms with Gasteiger partial charge in [0.2, 0.25) is 0 Å². The summed E-state index contributed by atoms with van der Waals surface area (Å²) >= 11 is 0. The first-order chi connectivity index (χ1) is 7.77. The van der Waals surface area contributed by atoms with Gasteiger partial charge in [-0.05, 0) is 12.8 Å². The molecule has 1 fully saturated rings. The number of carbonyl (C=O) groups excluding carboxylic acids is 1. The van der Waals surface area contributed by atoms with E-state index in [1.165, 1.54) is 18.5 Å². The summed E-state index contributed by atoms with van der Waals surface area (Å²) in [6, 6.07) is 1.31. The van der Waals surface area contributed by atoms with Gasteiger partial charge in [-0.25, -0.2) is 5.48 Å². The van der Waals surface area contributed by atoms with E-state index in [1.807, 2.05) is 0 Å². The lowest BCUT2D eigenvalue weighted by molar-refractivity contribution is -0.0125. The Bertz CT molecular complexity index is 421. The SMILES string of the molecule is O=C(NOC1CCCC1)c1c[nH]ccc1=O. The van der Waals surface area contributed by atoms with Gasteiger partial charge in [-0.15, -0.1) is 0 Å². The van der Waals surface area contributed by atoms with Gasteiger partial charge in [0.05, 0.1) is 6.10 Å². The monoisotopic (exact) mass is 222 g/mol. The molecule has 1 aliphatic rings. The number of nitrogens with one attached hydrogen (secondary N) is 2. The molecule has 1 heterocycles. The molecule has 2 N–H and O–H groups in total. The average Bonchev–Trinajstić information content (AvgIpc) is 2.79. The molecular formula is C11H14N2O3. The number of hydrogen-bond acceptors (Lipinski definition) is 3. The summed E-state index contributed by atoms with van der Waals surface area (Å²) in [7, 11) is 0. The molecule has 0 aromatic carbocycles. The first-order valence-electron chi connectivity index (χ1n) is 5.40. The summed E-state index contributed by atoms with van der Waals surface area (Å²) in [5.74, 6) is -0.492. The van der Waals surface area contributed by atoms with Gasteiger partial charge in [-0.2, -0.15) is 0 Å². The summed E-state index contributed by atoms with van der Waals surface area (Å²) in [6.45, 7) is 0. The molecule has 0 radical (unpaired) electrons. The molecule has 0 atom stereocenters. The molecule has 1 saturated carbocycles. The zero-order chi connectivity index (χ0) is 11.4. The summed E-state index contributed by atoms with van der Waals surface area (Å²) in [5.41, 5.74) is 2.08. The van der Waals surface area contributed by atoms with E-state index in [1.54, 1.807) is 0 Å². The maximum Gasteiger partial charge on any atom is 0.280 e. The number of carbonyl (C=O) groups is 1. The van der Waals surface area contributed by atoms with Gasteiger partial charge in [-0.3, -0.25) is 14.4 Å². The number of hydrogen-bond donors (Lipinski definition) is 2. The van der Waals surface area contributed by atoms with Crippen molar-refractivity contribution in [2.45, 2.75) is 31.8 Å². The summed E-state index contributed by atoms with van der Waals surface area (Å²) in [4.78, 5) is 30.8. The molecule has 86 valence electrons. The van der Waals surface area contributed by atoms with E-state index in [4.69, 9.17) is 4.84 Å². The third kappa shape index (κ3) is 2.49. The lowest BCUT2D eigenvalue weighted by Crippen LogP contribution is -2.31. The maximum absolute atomic E-state index is 11.6. The van der Waals surface area contributed by atoms with Crippen molar-refractivity contribution in [3.8, 4) is 0 Å². The Morgan fingerprint density at radius 3 is 2.88 bits per heavy atom. The van der Waals surface area contributed by atoms with Crippen LogP contribution in [0.5, 0.6) is 0 Å². The fraction of sp³-hybridized carbons (Fsp3) is 0.455. The van der Waals surface area contributed by atoms with E-state index in [2.05, 4.69) is 10.5 Å². The Morgan fingerprint density at radius 1 is 1.44 bits per heavy atom. The van der Waals surface area contributed by atoms with Crippen molar-refractivity contribution in [2.75, 3.05) is 0 Å². The Balaban J connectivity index is 1.93. The van der Waals surface area contributed by atoms with E-state index < -0.39 is 5.91 Å². The van der Waals surface area contributed by atoms with Crippen molar-refractivity contribution in [3.63, 3.8) is 0 Å². The van der Waals surface area contributed by atoms with E-state index in [-0.39, 0.29) is 17.1 Å². The zero-order valence-corrected chi connectivity index (χ0v) is 8.86. The third-order valence-corrected chi connectivity index (χ3v) is 2.69. The normalized spacial score (nSPS) is 16.2. The number of aromatic amines is 1. The fourth-order valence-electron chi connectivity index (χ4n) is 1.79. The van der Waals surface area contributed by atoms with E-state index >= 15 is 0 Å². The molecule has 1 aliphatic carbocycles. The first kappa shape index (κ1) is 10.9. The largest absolute Gasteiger partial charge is 0.367 e. The first-order valence-corrected chi connectivity index (χ1v) is 5.40. The van der Waals surface area contributed by atoms with Gasteiger partial charge in [0.15, 0.2) is 5.43 Å². The summed E-state index contributed by atoms with van der Waals surface area (Å²) < 4.78 is 0. The van der Waals surface area contributed by atoms with Crippen LogP contribution in [0.25, 0.3) is 0 Å². The second kappa shape index (κ2) is 4.94. The van der Waals surface area contributed by atoms with E-state index in [0.29, 0.717) is 0 Å². The van der Waals surface area contributed by atoms with Gasteiger partial charge in [-0.1, -0.05) is 12.8 Å². The van der Waals surface area contributed by atoms with Gasteiger partial charge in [0, 0.05) is 18.5 Å². The number of hydroxylamine groups is 1. The standard InChI is InChI=1S/C11H14N2O3/c14-10-5-6-12-7-9(10)11(15)13-16-8-3-1-2-4-8/h5-8H,1-4H2,(H,12,14)(H,13,15). The van der Waals surface area contributed by atoms with Crippen LogP contribution in [0.3, 0.4) is 0 Å². The van der Waals surface area contributed by atoms with Crippen molar-refractivity contribution in [1.82, 2.24) is 10.5 Å². The van der Waals surface area contributed by atoms with E-state index in [9.17, 15) is 9.59 Å². The predicted octanol–water partition coefficient (Wildman–Crippen LogP) is 0.979. The number of amides is 1. The minimum absolute atomic E-state index is 0.0699. The highest BCUT2D eigenvalue weighted by molar-refractivity contribution is 5.92. The van der Waals surface area contributed by atoms with Crippen LogP contribution in [0.4, 0.5) is 0 Å². The molecule has 1 amide bonds. The lowest BCUT2D eigenvalue weighted by Gasteiger charge is -2.10. The molecule has 1 aromatic heterocycles. The summed E-state index contributed by atoms with van der Waals surface area (Å²) in [5, 5.41) is 0. The smallest absolute Gasteiger partial charge is 0.280 e. The number of H-pyrrole nitrogens is 1. The van der Waals surface area contributed by atoms with Crippen LogP contribution in [0, 0.1) is 0 Å². The second-order valence-corrected chi connectivity index (χ2v) is 3.88. The van der Waals surface area contributed by atoms with Crippen LogP contribution in [0.15, 0.2) is 23.3 Å². The minimum Gasteiger partial charge on any atom is -0.367 e. The molecule has 0 bridgehead atoms. The highest BCUT2D eigenvalue weighted by atomic mass is 16.7. The zero-order valence-electron chi connectivity index (χ0n) is 8.86. The predicted molar refractivity (Wildman–Crippen MR) is 57.9 cm³/mol. The van der Waals surface area contributed by atoms with Crippen molar-refractivity contribution < 1.29 is 9.63 Å². The van der Waals surface area contributed by atoms with Gasteiger partial charge >= 0.3 is 0 Å². The molecule has 0 spiro atoms. The van der Waals surface area contributed by atoms with Crippen LogP contribution in [-0.4, -0.2) is 17.0 Å².